The van der Waals surface area contributed by atoms with Gasteiger partial charge in [0.1, 0.15) is 0 Å². The fourth-order valence-electron chi connectivity index (χ4n) is 1.38. The monoisotopic (exact) mass is 194 g/mol. The molecule has 0 aliphatic rings. The minimum absolute atomic E-state index is 0.142. The number of carbonyl (C=O) groups excluding carboxylic acids is 1. The fraction of sp³-hybridized carbons (Fsp3) is 0.583. The molecule has 78 valence electrons. The van der Waals surface area contributed by atoms with Crippen molar-refractivity contribution in [1.29, 1.82) is 0 Å². The number of esters is 1. The first-order chi connectivity index (χ1) is 6.24. The molecule has 0 N–H and O–H groups in total. The minimum atomic E-state index is -0.844. The number of rotatable bonds is 4. The smallest absolute Gasteiger partial charge is 0.304 e. The molecule has 2 heteroatoms. The maximum Gasteiger partial charge on any atom is 0.304 e. The Balaban J connectivity index is 4.65. The van der Waals surface area contributed by atoms with E-state index in [0.717, 1.165) is 0 Å². The third-order valence-corrected chi connectivity index (χ3v) is 2.02. The van der Waals surface area contributed by atoms with Crippen LogP contribution in [0.4, 0.5) is 0 Å². The summed E-state index contributed by atoms with van der Waals surface area (Å²) in [6, 6.07) is 0. The number of terminal acetylenes is 1. The summed E-state index contributed by atoms with van der Waals surface area (Å²) in [6.45, 7) is 10.8. The van der Waals surface area contributed by atoms with Gasteiger partial charge in [-0.3, -0.25) is 4.79 Å². The van der Waals surface area contributed by atoms with Crippen molar-refractivity contribution in [2.75, 3.05) is 0 Å². The van der Waals surface area contributed by atoms with Crippen molar-refractivity contribution in [3.63, 3.8) is 0 Å². The first kappa shape index (κ1) is 12.8. The van der Waals surface area contributed by atoms with Crippen LogP contribution in [0.1, 0.15) is 34.1 Å². The molecule has 0 aromatic carbocycles. The number of allylic oxidation sites excluding steroid dienone is 1. The van der Waals surface area contributed by atoms with Gasteiger partial charge in [-0.2, -0.15) is 0 Å². The van der Waals surface area contributed by atoms with Gasteiger partial charge in [0, 0.05) is 13.3 Å². The fourth-order valence-corrected chi connectivity index (χ4v) is 1.38. The van der Waals surface area contributed by atoms with E-state index in [-0.39, 0.29) is 11.4 Å². The van der Waals surface area contributed by atoms with Crippen molar-refractivity contribution in [3.8, 4) is 12.3 Å². The highest BCUT2D eigenvalue weighted by atomic mass is 16.6. The molecule has 2 nitrogen and oxygen atoms in total. The van der Waals surface area contributed by atoms with E-state index in [4.69, 9.17) is 11.2 Å². The average molecular weight is 194 g/mol. The number of hydrogen-bond donors (Lipinski definition) is 0. The number of hydrogen-bond acceptors (Lipinski definition) is 2. The van der Waals surface area contributed by atoms with Crippen LogP contribution in [-0.2, 0) is 9.53 Å². The Hall–Kier alpha value is -1.23. The van der Waals surface area contributed by atoms with Crippen molar-refractivity contribution in [2.24, 2.45) is 5.41 Å². The van der Waals surface area contributed by atoms with Gasteiger partial charge >= 0.3 is 5.97 Å². The van der Waals surface area contributed by atoms with E-state index in [1.807, 2.05) is 19.9 Å². The van der Waals surface area contributed by atoms with Crippen LogP contribution in [0.25, 0.3) is 0 Å². The molecule has 0 saturated heterocycles. The summed E-state index contributed by atoms with van der Waals surface area (Å²) in [5.41, 5.74) is -0.986. The van der Waals surface area contributed by atoms with E-state index in [1.165, 1.54) is 6.92 Å². The van der Waals surface area contributed by atoms with Crippen LogP contribution in [0.15, 0.2) is 12.7 Å². The maximum atomic E-state index is 10.8. The molecule has 14 heavy (non-hydrogen) atoms. The third kappa shape index (κ3) is 4.13. The Labute approximate surface area is 86.3 Å². The lowest BCUT2D eigenvalue weighted by Gasteiger charge is -2.31. The van der Waals surface area contributed by atoms with Crippen LogP contribution in [-0.4, -0.2) is 11.6 Å². The lowest BCUT2D eigenvalue weighted by molar-refractivity contribution is -0.151. The lowest BCUT2D eigenvalue weighted by Crippen LogP contribution is -2.34. The molecule has 1 atom stereocenters. The largest absolute Gasteiger partial charge is 0.446 e. The molecule has 1 unspecified atom stereocenters. The van der Waals surface area contributed by atoms with E-state index < -0.39 is 5.60 Å². The normalized spacial score (nSPS) is 15.1. The van der Waals surface area contributed by atoms with Crippen LogP contribution in [0.3, 0.4) is 0 Å². The molecule has 0 bridgehead atoms. The van der Waals surface area contributed by atoms with Crippen LogP contribution in [0.2, 0.25) is 0 Å². The van der Waals surface area contributed by atoms with Gasteiger partial charge in [-0.15, -0.1) is 13.0 Å². The quantitative estimate of drug-likeness (QED) is 0.390. The summed E-state index contributed by atoms with van der Waals surface area (Å²) >= 11 is 0. The van der Waals surface area contributed by atoms with E-state index in [0.29, 0.717) is 6.42 Å². The minimum Gasteiger partial charge on any atom is -0.446 e. The van der Waals surface area contributed by atoms with Crippen molar-refractivity contribution < 1.29 is 9.53 Å². The summed E-state index contributed by atoms with van der Waals surface area (Å²) < 4.78 is 5.10. The van der Waals surface area contributed by atoms with E-state index in [9.17, 15) is 4.79 Å². The van der Waals surface area contributed by atoms with Crippen molar-refractivity contribution in [2.45, 2.75) is 39.7 Å². The first-order valence-corrected chi connectivity index (χ1v) is 4.56. The predicted octanol–water partition coefficient (Wildman–Crippen LogP) is 2.54. The Morgan fingerprint density at radius 3 is 2.36 bits per heavy atom. The summed E-state index contributed by atoms with van der Waals surface area (Å²) in [5.74, 6) is 2.15. The zero-order chi connectivity index (χ0) is 11.4. The zero-order valence-corrected chi connectivity index (χ0v) is 9.39. The van der Waals surface area contributed by atoms with Crippen molar-refractivity contribution in [1.82, 2.24) is 0 Å². The number of carbonyl (C=O) groups is 1. The van der Waals surface area contributed by atoms with Gasteiger partial charge in [0.05, 0.1) is 0 Å². The molecular weight excluding hydrogens is 176 g/mol. The van der Waals surface area contributed by atoms with Crippen LogP contribution in [0, 0.1) is 17.8 Å². The Kier molecular flexibility index (Phi) is 3.94. The molecule has 0 aliphatic heterocycles. The van der Waals surface area contributed by atoms with Crippen molar-refractivity contribution in [3.05, 3.63) is 12.7 Å². The second-order valence-electron chi connectivity index (χ2n) is 4.34. The Morgan fingerprint density at radius 1 is 1.57 bits per heavy atom. The molecule has 0 heterocycles. The topological polar surface area (TPSA) is 26.3 Å². The van der Waals surface area contributed by atoms with Crippen LogP contribution >= 0.6 is 0 Å². The predicted molar refractivity (Wildman–Crippen MR) is 57.6 cm³/mol. The van der Waals surface area contributed by atoms with Crippen LogP contribution in [0.5, 0.6) is 0 Å². The highest BCUT2D eigenvalue weighted by Gasteiger charge is 2.31. The van der Waals surface area contributed by atoms with Crippen LogP contribution < -0.4 is 0 Å². The molecule has 0 rings (SSSR count). The van der Waals surface area contributed by atoms with Gasteiger partial charge in [0.15, 0.2) is 5.60 Å². The van der Waals surface area contributed by atoms with Gasteiger partial charge in [0.25, 0.3) is 0 Å². The highest BCUT2D eigenvalue weighted by Crippen LogP contribution is 2.30. The van der Waals surface area contributed by atoms with Crippen molar-refractivity contribution >= 4 is 5.97 Å². The Morgan fingerprint density at radius 2 is 2.07 bits per heavy atom. The maximum absolute atomic E-state index is 10.8. The summed E-state index contributed by atoms with van der Waals surface area (Å²) in [4.78, 5) is 10.8. The molecule has 0 radical (unpaired) electrons. The standard InChI is InChI=1S/C12H18O2/c1-7-11(4,5)9-12(6,8-2)14-10(3)13/h2,7H,1,9H2,3-6H3. The molecule has 0 fully saturated rings. The molecule has 0 amide bonds. The van der Waals surface area contributed by atoms with Gasteiger partial charge in [0.2, 0.25) is 0 Å². The van der Waals surface area contributed by atoms with Gasteiger partial charge in [-0.05, 0) is 12.3 Å². The van der Waals surface area contributed by atoms with Gasteiger partial charge in [-0.1, -0.05) is 25.8 Å². The Bertz CT molecular complexity index is 271. The third-order valence-electron chi connectivity index (χ3n) is 2.02. The average Bonchev–Trinajstić information content (AvgIpc) is 2.02. The second kappa shape index (κ2) is 4.32. The lowest BCUT2D eigenvalue weighted by atomic mass is 9.81. The molecule has 0 aromatic rings. The van der Waals surface area contributed by atoms with Gasteiger partial charge < -0.3 is 4.74 Å². The van der Waals surface area contributed by atoms with E-state index in [1.54, 1.807) is 6.92 Å². The van der Waals surface area contributed by atoms with Gasteiger partial charge in [-0.25, -0.2) is 0 Å². The molecule has 0 spiro atoms. The molecular formula is C12H18O2. The summed E-state index contributed by atoms with van der Waals surface area (Å²) in [7, 11) is 0. The summed E-state index contributed by atoms with van der Waals surface area (Å²) in [5, 5.41) is 0. The molecule has 0 aromatic heterocycles. The number of ether oxygens (including phenoxy) is 1. The van der Waals surface area contributed by atoms with E-state index in [2.05, 4.69) is 12.5 Å². The summed E-state index contributed by atoms with van der Waals surface area (Å²) in [6.07, 6.45) is 7.74. The molecule has 0 saturated carbocycles. The molecule has 0 aliphatic carbocycles. The first-order valence-electron chi connectivity index (χ1n) is 4.56. The zero-order valence-electron chi connectivity index (χ0n) is 9.39. The van der Waals surface area contributed by atoms with E-state index >= 15 is 0 Å². The highest BCUT2D eigenvalue weighted by molar-refractivity contribution is 5.67. The second-order valence-corrected chi connectivity index (χ2v) is 4.34. The SMILES string of the molecule is C#CC(C)(CC(C)(C)C=C)OC(C)=O.